The van der Waals surface area contributed by atoms with Crippen molar-refractivity contribution in [2.45, 2.75) is 50.1 Å². The lowest BCUT2D eigenvalue weighted by Crippen LogP contribution is -2.61. The number of alkyl halides is 3. The first-order valence-corrected chi connectivity index (χ1v) is 11.4. The Morgan fingerprint density at radius 1 is 1.38 bits per heavy atom. The fourth-order valence-electron chi connectivity index (χ4n) is 3.75. The molecule has 0 saturated carbocycles. The van der Waals surface area contributed by atoms with Crippen molar-refractivity contribution in [3.63, 3.8) is 0 Å². The van der Waals surface area contributed by atoms with Gasteiger partial charge in [0.05, 0.1) is 10.4 Å². The molecule has 4 rings (SSSR count). The molecule has 0 aliphatic carbocycles. The van der Waals surface area contributed by atoms with Crippen LogP contribution in [-0.4, -0.2) is 67.9 Å². The van der Waals surface area contributed by atoms with Crippen LogP contribution >= 0.6 is 11.8 Å². The molecule has 1 N–H and O–H groups in total. The molecule has 2 aromatic heterocycles. The Morgan fingerprint density at radius 2 is 2.06 bits per heavy atom. The zero-order valence-electron chi connectivity index (χ0n) is 18.4. The summed E-state index contributed by atoms with van der Waals surface area (Å²) in [6.07, 6.45) is -1.26. The molecule has 34 heavy (non-hydrogen) atoms. The summed E-state index contributed by atoms with van der Waals surface area (Å²) >= 11 is 1.79. The van der Waals surface area contributed by atoms with Gasteiger partial charge in [0.25, 0.3) is 11.8 Å². The molecular formula is C21H23F4N3O5S. The highest BCUT2D eigenvalue weighted by Gasteiger charge is 2.52. The quantitative estimate of drug-likeness (QED) is 0.611. The minimum atomic E-state index is -5.08. The average molecular weight is 505 g/mol. The molecule has 0 radical (unpaired) electrons. The number of rotatable bonds is 5. The molecule has 8 nitrogen and oxygen atoms in total. The van der Waals surface area contributed by atoms with Crippen LogP contribution in [0.1, 0.15) is 41.6 Å². The van der Waals surface area contributed by atoms with Gasteiger partial charge in [-0.2, -0.15) is 13.2 Å². The first kappa shape index (κ1) is 25.8. The fraction of sp³-hybridized carbons (Fsp3) is 0.524. The van der Waals surface area contributed by atoms with Crippen molar-refractivity contribution in [2.24, 2.45) is 0 Å². The van der Waals surface area contributed by atoms with Gasteiger partial charge in [0.2, 0.25) is 0 Å². The van der Waals surface area contributed by atoms with E-state index in [1.165, 1.54) is 12.3 Å². The number of carbonyl (C=O) groups excluding carboxylic acids is 1. The highest BCUT2D eigenvalue weighted by Crippen LogP contribution is 2.46. The molecule has 2 aliphatic rings. The number of likely N-dealkylation sites (tertiary alicyclic amines) is 1. The summed E-state index contributed by atoms with van der Waals surface area (Å²) < 4.78 is 56.5. The highest BCUT2D eigenvalue weighted by atomic mass is 32.2. The molecule has 2 saturated heterocycles. The largest absolute Gasteiger partial charge is 0.490 e. The molecule has 1 atom stereocenters. The molecule has 2 aromatic rings. The molecule has 1 spiro atoms. The van der Waals surface area contributed by atoms with E-state index in [0.29, 0.717) is 36.5 Å². The monoisotopic (exact) mass is 505 g/mol. The van der Waals surface area contributed by atoms with Crippen molar-refractivity contribution >= 4 is 23.6 Å². The second kappa shape index (κ2) is 10.2. The van der Waals surface area contributed by atoms with Gasteiger partial charge in [-0.3, -0.25) is 4.79 Å². The SMILES string of the molecule is CCCc1onc(C)c1C(=O)N1CC2(CC(Oc3ncccc3F)CS2)C1.O=C(O)C(F)(F)F. The molecule has 186 valence electrons. The van der Waals surface area contributed by atoms with Crippen molar-refractivity contribution in [1.29, 1.82) is 0 Å². The van der Waals surface area contributed by atoms with Gasteiger partial charge in [-0.25, -0.2) is 14.2 Å². The van der Waals surface area contributed by atoms with Crippen LogP contribution in [0, 0.1) is 12.7 Å². The minimum absolute atomic E-state index is 0.0106. The smallest absolute Gasteiger partial charge is 0.475 e. The second-order valence-electron chi connectivity index (χ2n) is 8.01. The summed E-state index contributed by atoms with van der Waals surface area (Å²) in [4.78, 5) is 27.6. The van der Waals surface area contributed by atoms with E-state index >= 15 is 0 Å². The summed E-state index contributed by atoms with van der Waals surface area (Å²) in [5.41, 5.74) is 1.26. The summed E-state index contributed by atoms with van der Waals surface area (Å²) in [6.45, 7) is 5.18. The predicted octanol–water partition coefficient (Wildman–Crippen LogP) is 3.88. The summed E-state index contributed by atoms with van der Waals surface area (Å²) in [6, 6.07) is 2.89. The number of hydrogen-bond donors (Lipinski definition) is 1. The predicted molar refractivity (Wildman–Crippen MR) is 113 cm³/mol. The Kier molecular flexibility index (Phi) is 7.74. The topological polar surface area (TPSA) is 106 Å². The van der Waals surface area contributed by atoms with Gasteiger partial charge in [0, 0.05) is 37.9 Å². The number of carboxylic acids is 1. The Bertz CT molecular complexity index is 1040. The molecule has 4 heterocycles. The summed E-state index contributed by atoms with van der Waals surface area (Å²) in [5, 5.41) is 11.1. The van der Waals surface area contributed by atoms with Crippen molar-refractivity contribution in [3.8, 4) is 5.88 Å². The van der Waals surface area contributed by atoms with Crippen molar-refractivity contribution in [1.82, 2.24) is 15.0 Å². The first-order chi connectivity index (χ1) is 16.0. The van der Waals surface area contributed by atoms with Gasteiger partial charge in [0.15, 0.2) is 5.82 Å². The van der Waals surface area contributed by atoms with Gasteiger partial charge in [0.1, 0.15) is 17.4 Å². The first-order valence-electron chi connectivity index (χ1n) is 10.4. The molecular weight excluding hydrogens is 482 g/mol. The van der Waals surface area contributed by atoms with Gasteiger partial charge in [-0.15, -0.1) is 11.8 Å². The number of hydrogen-bond acceptors (Lipinski definition) is 7. The maximum absolute atomic E-state index is 13.7. The van der Waals surface area contributed by atoms with Crippen LogP contribution < -0.4 is 4.74 Å². The number of aryl methyl sites for hydroxylation is 2. The number of pyridine rings is 1. The second-order valence-corrected chi connectivity index (χ2v) is 9.50. The van der Waals surface area contributed by atoms with E-state index in [1.807, 2.05) is 11.8 Å². The Balaban J connectivity index is 0.000000406. The van der Waals surface area contributed by atoms with Gasteiger partial charge >= 0.3 is 12.1 Å². The van der Waals surface area contributed by atoms with Gasteiger partial charge < -0.3 is 19.3 Å². The van der Waals surface area contributed by atoms with E-state index in [2.05, 4.69) is 10.1 Å². The third-order valence-electron chi connectivity index (χ3n) is 5.29. The van der Waals surface area contributed by atoms with Crippen molar-refractivity contribution < 1.29 is 41.5 Å². The molecule has 13 heteroatoms. The van der Waals surface area contributed by atoms with Crippen LogP contribution in [-0.2, 0) is 11.2 Å². The molecule has 1 amide bonds. The maximum atomic E-state index is 13.7. The van der Waals surface area contributed by atoms with E-state index in [1.54, 1.807) is 24.8 Å². The normalized spacial score (nSPS) is 18.8. The van der Waals surface area contributed by atoms with Gasteiger partial charge in [-0.05, 0) is 25.5 Å². The molecule has 2 aliphatic heterocycles. The number of amides is 1. The number of thioether (sulfide) groups is 1. The zero-order valence-corrected chi connectivity index (χ0v) is 19.2. The Hall–Kier alpha value is -2.83. The van der Waals surface area contributed by atoms with E-state index in [4.69, 9.17) is 19.2 Å². The van der Waals surface area contributed by atoms with Crippen molar-refractivity contribution in [2.75, 3.05) is 18.8 Å². The van der Waals surface area contributed by atoms with Crippen molar-refractivity contribution in [3.05, 3.63) is 41.2 Å². The van der Waals surface area contributed by atoms with Crippen LogP contribution in [0.4, 0.5) is 17.6 Å². The van der Waals surface area contributed by atoms with Crippen LogP contribution in [0.2, 0.25) is 0 Å². The number of halogens is 4. The van der Waals surface area contributed by atoms with Crippen LogP contribution in [0.3, 0.4) is 0 Å². The third-order valence-corrected chi connectivity index (χ3v) is 6.87. The number of nitrogens with zero attached hydrogens (tertiary/aromatic N) is 3. The molecule has 0 bridgehead atoms. The number of aliphatic carboxylic acids is 1. The molecule has 2 fully saturated rings. The van der Waals surface area contributed by atoms with E-state index in [-0.39, 0.29) is 22.6 Å². The molecule has 1 unspecified atom stereocenters. The standard InChI is InChI=1S/C19H22FN3O3S.C2HF3O2/c1-3-5-15-16(12(2)22-26-15)18(24)23-10-19(11-23)8-13(9-27-19)25-17-14(20)6-4-7-21-17;3-2(4,5)1(6)7/h4,6-7,13H,3,5,8-11H2,1-2H3;(H,6,7). The van der Waals surface area contributed by atoms with E-state index < -0.39 is 18.0 Å². The Morgan fingerprint density at radius 3 is 2.65 bits per heavy atom. The fourth-order valence-corrected chi connectivity index (χ4v) is 5.28. The summed E-state index contributed by atoms with van der Waals surface area (Å²) in [5.74, 6) is -1.72. The highest BCUT2D eigenvalue weighted by molar-refractivity contribution is 8.01. The van der Waals surface area contributed by atoms with Crippen LogP contribution in [0.25, 0.3) is 0 Å². The molecule has 0 aromatic carbocycles. The number of carboxylic acid groups (broad SMARTS) is 1. The van der Waals surface area contributed by atoms with E-state index in [0.717, 1.165) is 18.6 Å². The lowest BCUT2D eigenvalue weighted by molar-refractivity contribution is -0.192. The minimum Gasteiger partial charge on any atom is -0.475 e. The average Bonchev–Trinajstić information content (AvgIpc) is 3.32. The zero-order chi connectivity index (χ0) is 25.1. The number of ether oxygens (including phenoxy) is 1. The number of aromatic nitrogens is 2. The lowest BCUT2D eigenvalue weighted by Gasteiger charge is -2.47. The van der Waals surface area contributed by atoms with E-state index in [9.17, 15) is 22.4 Å². The third kappa shape index (κ3) is 5.80. The Labute approximate surface area is 196 Å². The van der Waals surface area contributed by atoms with Crippen LogP contribution in [0.15, 0.2) is 22.9 Å². The lowest BCUT2D eigenvalue weighted by atomic mass is 9.92. The van der Waals surface area contributed by atoms with Crippen LogP contribution in [0.5, 0.6) is 5.88 Å². The number of carbonyl (C=O) groups is 2. The maximum Gasteiger partial charge on any atom is 0.490 e. The van der Waals surface area contributed by atoms with Gasteiger partial charge in [-0.1, -0.05) is 12.1 Å². The summed E-state index contributed by atoms with van der Waals surface area (Å²) in [7, 11) is 0.